The maximum absolute atomic E-state index is 11.3. The Morgan fingerprint density at radius 2 is 2.11 bits per heavy atom. The summed E-state index contributed by atoms with van der Waals surface area (Å²) >= 11 is 1.94. The summed E-state index contributed by atoms with van der Waals surface area (Å²) < 4.78 is 4.74. The highest BCUT2D eigenvalue weighted by atomic mass is 32.2. The Labute approximate surface area is 121 Å². The van der Waals surface area contributed by atoms with Crippen molar-refractivity contribution < 1.29 is 9.53 Å². The van der Waals surface area contributed by atoms with Gasteiger partial charge < -0.3 is 4.74 Å². The average molecular weight is 283 g/mol. The van der Waals surface area contributed by atoms with E-state index in [-0.39, 0.29) is 16.8 Å². The van der Waals surface area contributed by atoms with Crippen LogP contribution < -0.4 is 0 Å². The normalized spacial score (nSPS) is 16.7. The molecule has 0 N–H and O–H groups in total. The number of nitrogens with zero attached hydrogens (tertiary/aromatic N) is 1. The van der Waals surface area contributed by atoms with Crippen LogP contribution in [0.4, 0.5) is 0 Å². The Kier molecular flexibility index (Phi) is 6.19. The fraction of sp³-hybridized carbons (Fsp3) is 0.867. The van der Waals surface area contributed by atoms with Crippen LogP contribution >= 0.6 is 11.8 Å². The lowest BCUT2D eigenvalue weighted by Gasteiger charge is -2.15. The smallest absolute Gasteiger partial charge is 0.306 e. The molecule has 0 bridgehead atoms. The van der Waals surface area contributed by atoms with Gasteiger partial charge in [-0.1, -0.05) is 6.42 Å². The summed E-state index contributed by atoms with van der Waals surface area (Å²) in [5.74, 6) is 2.13. The number of thioether (sulfide) groups is 1. The van der Waals surface area contributed by atoms with E-state index in [0.717, 1.165) is 43.6 Å². The third-order valence-electron chi connectivity index (χ3n) is 3.76. The lowest BCUT2D eigenvalue weighted by atomic mass is 9.89. The quantitative estimate of drug-likeness (QED) is 0.477. The van der Waals surface area contributed by atoms with Crippen molar-refractivity contribution in [1.82, 2.24) is 0 Å². The first-order valence-electron chi connectivity index (χ1n) is 6.99. The monoisotopic (exact) mass is 283 g/mol. The fourth-order valence-corrected chi connectivity index (χ4v) is 3.42. The van der Waals surface area contributed by atoms with Crippen molar-refractivity contribution >= 4 is 17.7 Å². The summed E-state index contributed by atoms with van der Waals surface area (Å²) in [5, 5.41) is 8.92. The first-order chi connectivity index (χ1) is 8.93. The Balaban J connectivity index is 2.06. The molecule has 0 atom stereocenters. The van der Waals surface area contributed by atoms with E-state index in [0.29, 0.717) is 6.42 Å². The van der Waals surface area contributed by atoms with Gasteiger partial charge in [0.2, 0.25) is 0 Å². The minimum Gasteiger partial charge on any atom is -0.469 e. The second kappa shape index (κ2) is 7.19. The summed E-state index contributed by atoms with van der Waals surface area (Å²) in [6.07, 6.45) is 6.14. The van der Waals surface area contributed by atoms with Crippen molar-refractivity contribution in [3.63, 3.8) is 0 Å². The molecule has 19 heavy (non-hydrogen) atoms. The van der Waals surface area contributed by atoms with Crippen molar-refractivity contribution in [3.05, 3.63) is 0 Å². The zero-order valence-electron chi connectivity index (χ0n) is 12.3. The van der Waals surface area contributed by atoms with E-state index in [1.165, 1.54) is 7.11 Å². The van der Waals surface area contributed by atoms with Crippen molar-refractivity contribution in [2.24, 2.45) is 10.8 Å². The molecule has 0 aromatic carbocycles. The van der Waals surface area contributed by atoms with E-state index in [4.69, 9.17) is 10.00 Å². The molecule has 1 aliphatic carbocycles. The fourth-order valence-electron chi connectivity index (χ4n) is 2.04. The molecule has 3 nitrogen and oxygen atoms in total. The van der Waals surface area contributed by atoms with Gasteiger partial charge in [-0.05, 0) is 56.5 Å². The van der Waals surface area contributed by atoms with Gasteiger partial charge in [-0.15, -0.1) is 0 Å². The first kappa shape index (κ1) is 16.4. The van der Waals surface area contributed by atoms with Gasteiger partial charge in [-0.25, -0.2) is 0 Å². The van der Waals surface area contributed by atoms with E-state index in [9.17, 15) is 4.79 Å². The third kappa shape index (κ3) is 6.33. The van der Waals surface area contributed by atoms with Gasteiger partial charge in [0.25, 0.3) is 0 Å². The molecule has 0 unspecified atom stereocenters. The van der Waals surface area contributed by atoms with Crippen LogP contribution in [0.3, 0.4) is 0 Å². The van der Waals surface area contributed by atoms with Crippen LogP contribution in [0.2, 0.25) is 0 Å². The van der Waals surface area contributed by atoms with Crippen LogP contribution in [0.1, 0.15) is 52.4 Å². The topological polar surface area (TPSA) is 50.1 Å². The van der Waals surface area contributed by atoms with Crippen molar-refractivity contribution in [2.75, 3.05) is 18.6 Å². The average Bonchev–Trinajstić information content (AvgIpc) is 3.13. The maximum Gasteiger partial charge on any atom is 0.306 e. The molecule has 0 saturated heterocycles. The molecule has 1 rings (SSSR count). The number of rotatable bonds is 9. The highest BCUT2D eigenvalue weighted by Gasteiger charge is 2.44. The number of nitriles is 1. The highest BCUT2D eigenvalue weighted by Crippen LogP contribution is 2.51. The minimum absolute atomic E-state index is 0.0751. The Bertz CT molecular complexity index is 343. The molecule has 0 spiro atoms. The SMILES string of the molecule is COC(=O)CC1(CSCCCCC(C)(C)C#N)CC1. The number of methoxy groups -OCH3 is 1. The maximum atomic E-state index is 11.3. The largest absolute Gasteiger partial charge is 0.469 e. The predicted molar refractivity (Wildman–Crippen MR) is 78.9 cm³/mol. The molecule has 0 aromatic heterocycles. The summed E-state index contributed by atoms with van der Waals surface area (Å²) in [5.41, 5.74) is 0.0525. The summed E-state index contributed by atoms with van der Waals surface area (Å²) in [4.78, 5) is 11.3. The van der Waals surface area contributed by atoms with Crippen LogP contribution in [-0.4, -0.2) is 24.6 Å². The number of carbonyl (C=O) groups excluding carboxylic acids is 1. The van der Waals surface area contributed by atoms with E-state index in [1.807, 2.05) is 25.6 Å². The van der Waals surface area contributed by atoms with Gasteiger partial charge in [0.1, 0.15) is 0 Å². The van der Waals surface area contributed by atoms with Crippen molar-refractivity contribution in [3.8, 4) is 6.07 Å². The van der Waals surface area contributed by atoms with Gasteiger partial charge >= 0.3 is 5.97 Å². The van der Waals surface area contributed by atoms with Crippen LogP contribution in [0.5, 0.6) is 0 Å². The highest BCUT2D eigenvalue weighted by molar-refractivity contribution is 7.99. The Morgan fingerprint density at radius 3 is 2.63 bits per heavy atom. The molecule has 1 fully saturated rings. The minimum atomic E-state index is -0.187. The van der Waals surface area contributed by atoms with Gasteiger partial charge in [-0.2, -0.15) is 17.0 Å². The van der Waals surface area contributed by atoms with Crippen LogP contribution in [0.25, 0.3) is 0 Å². The molecule has 0 heterocycles. The lowest BCUT2D eigenvalue weighted by molar-refractivity contribution is -0.141. The van der Waals surface area contributed by atoms with E-state index < -0.39 is 0 Å². The number of esters is 1. The number of ether oxygens (including phenoxy) is 1. The molecule has 4 heteroatoms. The number of unbranched alkanes of at least 4 members (excludes halogenated alkanes) is 1. The van der Waals surface area contributed by atoms with Crippen molar-refractivity contribution in [1.29, 1.82) is 5.26 Å². The molecule has 0 amide bonds. The summed E-state index contributed by atoms with van der Waals surface area (Å²) in [6, 6.07) is 2.34. The second-order valence-electron chi connectivity index (χ2n) is 6.26. The standard InChI is InChI=1S/C15H25NO2S/c1-14(2,11-16)6-4-5-9-19-12-15(7-8-15)10-13(17)18-3/h4-10,12H2,1-3H3. The zero-order valence-corrected chi connectivity index (χ0v) is 13.1. The molecule has 1 aliphatic rings. The second-order valence-corrected chi connectivity index (χ2v) is 7.36. The lowest BCUT2D eigenvalue weighted by Crippen LogP contribution is -2.13. The van der Waals surface area contributed by atoms with Gasteiger partial charge in [0.15, 0.2) is 0 Å². The van der Waals surface area contributed by atoms with E-state index in [2.05, 4.69) is 6.07 Å². The number of hydrogen-bond acceptors (Lipinski definition) is 4. The van der Waals surface area contributed by atoms with Gasteiger partial charge in [-0.3, -0.25) is 4.79 Å². The van der Waals surface area contributed by atoms with Crippen molar-refractivity contribution in [2.45, 2.75) is 52.4 Å². The van der Waals surface area contributed by atoms with Gasteiger partial charge in [0, 0.05) is 0 Å². The van der Waals surface area contributed by atoms with Gasteiger partial charge in [0.05, 0.1) is 25.0 Å². The van der Waals surface area contributed by atoms with E-state index >= 15 is 0 Å². The molecular formula is C15H25NO2S. The molecule has 0 radical (unpaired) electrons. The first-order valence-corrected chi connectivity index (χ1v) is 8.14. The molecule has 1 saturated carbocycles. The summed E-state index contributed by atoms with van der Waals surface area (Å²) in [6.45, 7) is 3.99. The molecule has 0 aromatic rings. The Hall–Kier alpha value is -0.690. The van der Waals surface area contributed by atoms with Crippen LogP contribution in [0, 0.1) is 22.2 Å². The zero-order chi connectivity index (χ0) is 14.4. The van der Waals surface area contributed by atoms with Crippen LogP contribution in [0.15, 0.2) is 0 Å². The van der Waals surface area contributed by atoms with E-state index in [1.54, 1.807) is 0 Å². The molecule has 108 valence electrons. The number of carbonyl (C=O) groups is 1. The molecular weight excluding hydrogens is 258 g/mol. The number of hydrogen-bond donors (Lipinski definition) is 0. The summed E-state index contributed by atoms with van der Waals surface area (Å²) in [7, 11) is 1.46. The Morgan fingerprint density at radius 1 is 1.42 bits per heavy atom. The third-order valence-corrected chi connectivity index (χ3v) is 5.15. The predicted octanol–water partition coefficient (Wildman–Crippen LogP) is 3.78. The molecule has 0 aliphatic heterocycles. The van der Waals surface area contributed by atoms with Crippen LogP contribution in [-0.2, 0) is 9.53 Å².